The highest BCUT2D eigenvalue weighted by Crippen LogP contribution is 2.34. The molecule has 116 valence electrons. The third kappa shape index (κ3) is 2.98. The molecule has 0 unspecified atom stereocenters. The Morgan fingerprint density at radius 3 is 2.91 bits per heavy atom. The van der Waals surface area contributed by atoms with E-state index in [1.165, 1.54) is 16.0 Å². The Hall–Kier alpha value is -1.55. The van der Waals surface area contributed by atoms with Gasteiger partial charge in [-0.2, -0.15) is 0 Å². The zero-order chi connectivity index (χ0) is 15.4. The van der Waals surface area contributed by atoms with Crippen molar-refractivity contribution in [2.24, 2.45) is 4.99 Å². The van der Waals surface area contributed by atoms with Gasteiger partial charge in [0.1, 0.15) is 5.49 Å². The Balaban J connectivity index is 2.22. The van der Waals surface area contributed by atoms with E-state index in [1.54, 1.807) is 0 Å². The first-order valence-corrected chi connectivity index (χ1v) is 9.14. The molecule has 0 N–H and O–H groups in total. The first-order valence-electron chi connectivity index (χ1n) is 8.16. The number of nitrogens with zero attached hydrogens (tertiary/aromatic N) is 3. The van der Waals surface area contributed by atoms with Gasteiger partial charge in [0.25, 0.3) is 0 Å². The minimum atomic E-state index is 0.884. The number of hydrogen-bond donors (Lipinski definition) is 0. The Labute approximate surface area is 136 Å². The molecule has 0 radical (unpaired) electrons. The molecule has 1 aliphatic heterocycles. The van der Waals surface area contributed by atoms with Crippen molar-refractivity contribution >= 4 is 11.8 Å². The number of aromatic nitrogens is 2. The summed E-state index contributed by atoms with van der Waals surface area (Å²) in [6.07, 6.45) is 5.19. The Bertz CT molecular complexity index is 719. The van der Waals surface area contributed by atoms with Crippen molar-refractivity contribution in [2.45, 2.75) is 44.6 Å². The van der Waals surface area contributed by atoms with E-state index in [0.717, 1.165) is 49.3 Å². The lowest BCUT2D eigenvalue weighted by Gasteiger charge is -2.13. The summed E-state index contributed by atoms with van der Waals surface area (Å²) in [5, 5.41) is 0. The molecule has 2 heterocycles. The second kappa shape index (κ2) is 7.14. The molecule has 1 aromatic carbocycles. The summed E-state index contributed by atoms with van der Waals surface area (Å²) in [5.74, 6) is 1.09. The molecule has 4 heteroatoms. The maximum Gasteiger partial charge on any atom is 0.134 e. The fourth-order valence-corrected chi connectivity index (χ4v) is 3.88. The van der Waals surface area contributed by atoms with E-state index in [0.29, 0.717) is 0 Å². The minimum absolute atomic E-state index is 0.884. The van der Waals surface area contributed by atoms with Gasteiger partial charge in [-0.15, -0.1) is 11.8 Å². The van der Waals surface area contributed by atoms with Crippen LogP contribution in [0.3, 0.4) is 0 Å². The van der Waals surface area contributed by atoms with Crippen LogP contribution in [-0.2, 0) is 13.0 Å². The first kappa shape index (κ1) is 15.3. The molecule has 0 fully saturated rings. The molecule has 0 spiro atoms. The lowest BCUT2D eigenvalue weighted by Crippen LogP contribution is -2.27. The van der Waals surface area contributed by atoms with E-state index < -0.39 is 0 Å². The summed E-state index contributed by atoms with van der Waals surface area (Å²) in [6, 6.07) is 8.60. The maximum atomic E-state index is 4.88. The van der Waals surface area contributed by atoms with Gasteiger partial charge in [0.2, 0.25) is 0 Å². The minimum Gasteiger partial charge on any atom is -0.317 e. The Kier molecular flexibility index (Phi) is 4.98. The number of benzene rings is 1. The summed E-state index contributed by atoms with van der Waals surface area (Å²) < 4.78 is 2.23. The molecule has 22 heavy (non-hydrogen) atoms. The highest BCUT2D eigenvalue weighted by Gasteiger charge is 2.18. The maximum absolute atomic E-state index is 4.88. The number of rotatable bonds is 4. The second-order valence-electron chi connectivity index (χ2n) is 5.57. The van der Waals surface area contributed by atoms with Gasteiger partial charge >= 0.3 is 0 Å². The quantitative estimate of drug-likeness (QED) is 0.856. The van der Waals surface area contributed by atoms with E-state index in [-0.39, 0.29) is 0 Å². The van der Waals surface area contributed by atoms with Gasteiger partial charge in [0.05, 0.1) is 12.0 Å². The second-order valence-corrected chi connectivity index (χ2v) is 6.70. The zero-order valence-corrected chi connectivity index (χ0v) is 14.2. The Morgan fingerprint density at radius 1 is 1.23 bits per heavy atom. The van der Waals surface area contributed by atoms with Crippen LogP contribution in [-0.4, -0.2) is 21.8 Å². The van der Waals surface area contributed by atoms with Gasteiger partial charge in [0, 0.05) is 34.9 Å². The molecule has 0 atom stereocenters. The SMILES string of the molecule is CCCN=c1c2c(ncn1CCC)-c1ccccc1SCC2. The van der Waals surface area contributed by atoms with Crippen LogP contribution >= 0.6 is 11.8 Å². The summed E-state index contributed by atoms with van der Waals surface area (Å²) in [4.78, 5) is 11.0. The lowest BCUT2D eigenvalue weighted by atomic mass is 10.1. The molecular formula is C18H23N3S. The van der Waals surface area contributed by atoms with Crippen molar-refractivity contribution in [3.63, 3.8) is 0 Å². The van der Waals surface area contributed by atoms with Gasteiger partial charge in [-0.1, -0.05) is 32.0 Å². The zero-order valence-electron chi connectivity index (χ0n) is 13.4. The van der Waals surface area contributed by atoms with Crippen LogP contribution in [0.25, 0.3) is 11.3 Å². The monoisotopic (exact) mass is 313 g/mol. The van der Waals surface area contributed by atoms with Crippen LogP contribution in [0.2, 0.25) is 0 Å². The summed E-state index contributed by atoms with van der Waals surface area (Å²) in [7, 11) is 0. The molecule has 0 amide bonds. The van der Waals surface area contributed by atoms with Crippen molar-refractivity contribution in [3.8, 4) is 11.3 Å². The van der Waals surface area contributed by atoms with E-state index in [9.17, 15) is 0 Å². The van der Waals surface area contributed by atoms with Gasteiger partial charge in [0.15, 0.2) is 0 Å². The van der Waals surface area contributed by atoms with E-state index >= 15 is 0 Å². The summed E-state index contributed by atoms with van der Waals surface area (Å²) in [5.41, 5.74) is 4.85. The van der Waals surface area contributed by atoms with Crippen LogP contribution < -0.4 is 5.49 Å². The number of hydrogen-bond acceptors (Lipinski definition) is 3. The van der Waals surface area contributed by atoms with Crippen LogP contribution in [0.5, 0.6) is 0 Å². The third-order valence-electron chi connectivity index (χ3n) is 3.86. The fraction of sp³-hybridized carbons (Fsp3) is 0.444. The highest BCUT2D eigenvalue weighted by molar-refractivity contribution is 7.99. The van der Waals surface area contributed by atoms with Crippen LogP contribution in [0.1, 0.15) is 32.3 Å². The smallest absolute Gasteiger partial charge is 0.134 e. The summed E-state index contributed by atoms with van der Waals surface area (Å²) in [6.45, 7) is 6.25. The number of fused-ring (bicyclic) bond motifs is 3. The third-order valence-corrected chi connectivity index (χ3v) is 4.93. The van der Waals surface area contributed by atoms with E-state index in [4.69, 9.17) is 9.98 Å². The van der Waals surface area contributed by atoms with Crippen LogP contribution in [0, 0.1) is 0 Å². The first-order chi connectivity index (χ1) is 10.8. The predicted octanol–water partition coefficient (Wildman–Crippen LogP) is 3.92. The van der Waals surface area contributed by atoms with E-state index in [2.05, 4.69) is 42.7 Å². The number of aryl methyl sites for hydroxylation is 1. The Morgan fingerprint density at radius 2 is 2.09 bits per heavy atom. The molecule has 0 saturated carbocycles. The highest BCUT2D eigenvalue weighted by atomic mass is 32.2. The van der Waals surface area contributed by atoms with Crippen molar-refractivity contribution < 1.29 is 0 Å². The molecule has 3 nitrogen and oxygen atoms in total. The summed E-state index contributed by atoms with van der Waals surface area (Å²) >= 11 is 1.93. The molecule has 1 aliphatic rings. The topological polar surface area (TPSA) is 30.2 Å². The largest absolute Gasteiger partial charge is 0.317 e. The molecule has 0 aliphatic carbocycles. The van der Waals surface area contributed by atoms with E-state index in [1.807, 2.05) is 18.1 Å². The number of thioether (sulfide) groups is 1. The van der Waals surface area contributed by atoms with Crippen molar-refractivity contribution in [1.82, 2.24) is 9.55 Å². The molecule has 1 aromatic heterocycles. The van der Waals surface area contributed by atoms with Gasteiger partial charge < -0.3 is 4.57 Å². The standard InChI is InChI=1S/C18H23N3S/c1-3-10-19-18-15-9-12-22-16-8-6-5-7-14(16)17(15)20-13-21(18)11-4-2/h5-8,13H,3-4,9-12H2,1-2H3. The van der Waals surface area contributed by atoms with Gasteiger partial charge in [-0.3, -0.25) is 4.99 Å². The van der Waals surface area contributed by atoms with Crippen molar-refractivity contribution in [1.29, 1.82) is 0 Å². The predicted molar refractivity (Wildman–Crippen MR) is 93.1 cm³/mol. The van der Waals surface area contributed by atoms with Crippen molar-refractivity contribution in [2.75, 3.05) is 12.3 Å². The van der Waals surface area contributed by atoms with Gasteiger partial charge in [-0.25, -0.2) is 4.98 Å². The van der Waals surface area contributed by atoms with Crippen LogP contribution in [0.15, 0.2) is 40.5 Å². The molecule has 3 rings (SSSR count). The van der Waals surface area contributed by atoms with Crippen LogP contribution in [0.4, 0.5) is 0 Å². The van der Waals surface area contributed by atoms with Gasteiger partial charge in [-0.05, 0) is 25.3 Å². The van der Waals surface area contributed by atoms with Crippen molar-refractivity contribution in [3.05, 3.63) is 41.6 Å². The fourth-order valence-electron chi connectivity index (χ4n) is 2.86. The molecule has 2 aromatic rings. The lowest BCUT2D eigenvalue weighted by molar-refractivity contribution is 0.616. The molecule has 0 bridgehead atoms. The average molecular weight is 313 g/mol. The molecular weight excluding hydrogens is 290 g/mol. The average Bonchev–Trinajstić information content (AvgIpc) is 2.73. The normalized spacial score (nSPS) is 14.4. The molecule has 0 saturated heterocycles.